The number of carbonyl (C=O) groups is 1. The summed E-state index contributed by atoms with van der Waals surface area (Å²) in [4.78, 5) is 16.0. The van der Waals surface area contributed by atoms with Gasteiger partial charge in [0.25, 0.3) is 0 Å². The lowest BCUT2D eigenvalue weighted by Crippen LogP contribution is -2.27. The average Bonchev–Trinajstić information content (AvgIpc) is 2.63. The van der Waals surface area contributed by atoms with E-state index in [9.17, 15) is 4.79 Å². The Hall–Kier alpha value is -1.26. The number of anilines is 2. The van der Waals surface area contributed by atoms with Gasteiger partial charge in [-0.1, -0.05) is 60.8 Å². The van der Waals surface area contributed by atoms with Gasteiger partial charge in [0.2, 0.25) is 0 Å². The molecule has 2 aromatic carbocycles. The zero-order valence-corrected chi connectivity index (χ0v) is 17.2. The first-order chi connectivity index (χ1) is 12.2. The molecule has 0 radical (unpaired) electrons. The molecule has 1 aliphatic rings. The highest BCUT2D eigenvalue weighted by molar-refractivity contribution is 9.10. The van der Waals surface area contributed by atoms with E-state index in [0.717, 1.165) is 22.9 Å². The molecule has 0 aliphatic carbocycles. The molecule has 1 heterocycles. The van der Waals surface area contributed by atoms with Crippen LogP contribution in [-0.2, 0) is 0 Å². The number of hydrogen-bond donors (Lipinski definition) is 0. The van der Waals surface area contributed by atoms with Crippen LogP contribution in [0.1, 0.15) is 49.9 Å². The topological polar surface area (TPSA) is 20.3 Å². The SMILES string of the molecule is CCCCC(CC)CN1c2ccc(Br)cc2Sc2cc(C=O)ccc21. The normalized spacial score (nSPS) is 14.0. The van der Waals surface area contributed by atoms with Gasteiger partial charge in [-0.05, 0) is 48.7 Å². The van der Waals surface area contributed by atoms with Gasteiger partial charge in [0.05, 0.1) is 11.4 Å². The Labute approximate surface area is 163 Å². The second-order valence-electron chi connectivity index (χ2n) is 6.59. The highest BCUT2D eigenvalue weighted by Crippen LogP contribution is 2.49. The number of aldehydes is 1. The largest absolute Gasteiger partial charge is 0.339 e. The molecule has 2 aromatic rings. The molecule has 0 amide bonds. The van der Waals surface area contributed by atoms with Crippen LogP contribution in [0.2, 0.25) is 0 Å². The van der Waals surface area contributed by atoms with E-state index in [1.807, 2.05) is 12.1 Å². The van der Waals surface area contributed by atoms with Crippen LogP contribution < -0.4 is 4.90 Å². The fourth-order valence-electron chi connectivity index (χ4n) is 3.32. The summed E-state index contributed by atoms with van der Waals surface area (Å²) in [7, 11) is 0. The van der Waals surface area contributed by atoms with Crippen LogP contribution in [0.3, 0.4) is 0 Å². The fourth-order valence-corrected chi connectivity index (χ4v) is 5.02. The number of hydrogen-bond acceptors (Lipinski definition) is 3. The van der Waals surface area contributed by atoms with Crippen molar-refractivity contribution in [3.05, 3.63) is 46.4 Å². The number of rotatable bonds is 7. The maximum Gasteiger partial charge on any atom is 0.150 e. The monoisotopic (exact) mass is 417 g/mol. The van der Waals surface area contributed by atoms with E-state index in [-0.39, 0.29) is 0 Å². The quantitative estimate of drug-likeness (QED) is 0.448. The molecule has 2 nitrogen and oxygen atoms in total. The Kier molecular flexibility index (Phi) is 6.24. The lowest BCUT2D eigenvalue weighted by molar-refractivity contribution is 0.112. The third-order valence-corrected chi connectivity index (χ3v) is 6.41. The zero-order valence-electron chi connectivity index (χ0n) is 14.8. The minimum atomic E-state index is 0.679. The molecule has 25 heavy (non-hydrogen) atoms. The van der Waals surface area contributed by atoms with Crippen LogP contribution >= 0.6 is 27.7 Å². The maximum atomic E-state index is 11.2. The molecular weight excluding hydrogens is 394 g/mol. The van der Waals surface area contributed by atoms with Gasteiger partial charge in [-0.3, -0.25) is 4.79 Å². The molecule has 1 atom stereocenters. The number of halogens is 1. The Morgan fingerprint density at radius 3 is 2.52 bits per heavy atom. The molecule has 4 heteroatoms. The van der Waals surface area contributed by atoms with Gasteiger partial charge in [0, 0.05) is 26.4 Å². The summed E-state index contributed by atoms with van der Waals surface area (Å²) >= 11 is 5.34. The predicted octanol–water partition coefficient (Wildman–Crippen LogP) is 7.08. The van der Waals surface area contributed by atoms with Gasteiger partial charge in [0.15, 0.2) is 0 Å². The Bertz CT molecular complexity index is 762. The molecule has 132 valence electrons. The number of benzene rings is 2. The van der Waals surface area contributed by atoms with Crippen molar-refractivity contribution in [2.45, 2.75) is 49.3 Å². The number of fused-ring (bicyclic) bond motifs is 2. The van der Waals surface area contributed by atoms with Crippen LogP contribution in [0.4, 0.5) is 11.4 Å². The van der Waals surface area contributed by atoms with Crippen molar-refractivity contribution >= 4 is 45.4 Å². The smallest absolute Gasteiger partial charge is 0.150 e. The van der Waals surface area contributed by atoms with Gasteiger partial charge in [-0.25, -0.2) is 0 Å². The van der Waals surface area contributed by atoms with Crippen molar-refractivity contribution in [1.82, 2.24) is 0 Å². The highest BCUT2D eigenvalue weighted by Gasteiger charge is 2.25. The molecule has 1 aliphatic heterocycles. The maximum absolute atomic E-state index is 11.2. The van der Waals surface area contributed by atoms with Crippen LogP contribution in [0.15, 0.2) is 50.7 Å². The van der Waals surface area contributed by atoms with Crippen molar-refractivity contribution < 1.29 is 4.79 Å². The molecule has 0 bridgehead atoms. The lowest BCUT2D eigenvalue weighted by atomic mass is 9.98. The summed E-state index contributed by atoms with van der Waals surface area (Å²) in [6.07, 6.45) is 5.92. The van der Waals surface area contributed by atoms with E-state index in [1.165, 1.54) is 46.8 Å². The van der Waals surface area contributed by atoms with Crippen LogP contribution in [-0.4, -0.2) is 12.8 Å². The van der Waals surface area contributed by atoms with E-state index < -0.39 is 0 Å². The molecular formula is C21H24BrNOS. The highest BCUT2D eigenvalue weighted by atomic mass is 79.9. The molecule has 0 N–H and O–H groups in total. The Morgan fingerprint density at radius 1 is 1.12 bits per heavy atom. The first-order valence-corrected chi connectivity index (χ1v) is 10.6. The van der Waals surface area contributed by atoms with E-state index in [4.69, 9.17) is 0 Å². The van der Waals surface area contributed by atoms with Crippen molar-refractivity contribution in [1.29, 1.82) is 0 Å². The number of carbonyl (C=O) groups excluding carboxylic acids is 1. The van der Waals surface area contributed by atoms with Gasteiger partial charge < -0.3 is 4.90 Å². The minimum absolute atomic E-state index is 0.679. The summed E-state index contributed by atoms with van der Waals surface area (Å²) in [5, 5.41) is 0. The van der Waals surface area contributed by atoms with Crippen molar-refractivity contribution in [2.24, 2.45) is 5.92 Å². The van der Waals surface area contributed by atoms with Gasteiger partial charge in [-0.2, -0.15) is 0 Å². The molecule has 1 unspecified atom stereocenters. The molecule has 0 fully saturated rings. The summed E-state index contributed by atoms with van der Waals surface area (Å²) in [5.74, 6) is 0.679. The van der Waals surface area contributed by atoms with E-state index in [1.54, 1.807) is 11.8 Å². The van der Waals surface area contributed by atoms with Crippen LogP contribution in [0.25, 0.3) is 0 Å². The third kappa shape index (κ3) is 4.12. The van der Waals surface area contributed by atoms with Gasteiger partial charge in [-0.15, -0.1) is 0 Å². The Morgan fingerprint density at radius 2 is 1.84 bits per heavy atom. The summed E-state index contributed by atoms with van der Waals surface area (Å²) in [5.41, 5.74) is 3.23. The standard InChI is InChI=1S/C21H24BrNOS/c1-3-5-6-15(4-2)13-23-18-9-7-16(14-24)11-20(18)25-21-12-17(22)8-10-19(21)23/h7-12,14-15H,3-6,13H2,1-2H3. The zero-order chi connectivity index (χ0) is 17.8. The molecule has 0 saturated heterocycles. The van der Waals surface area contributed by atoms with E-state index >= 15 is 0 Å². The summed E-state index contributed by atoms with van der Waals surface area (Å²) in [6.45, 7) is 5.57. The van der Waals surface area contributed by atoms with Crippen LogP contribution in [0, 0.1) is 5.92 Å². The van der Waals surface area contributed by atoms with E-state index in [2.05, 4.69) is 58.9 Å². The van der Waals surface area contributed by atoms with Crippen molar-refractivity contribution in [3.63, 3.8) is 0 Å². The first kappa shape index (κ1) is 18.5. The van der Waals surface area contributed by atoms with Crippen LogP contribution in [0.5, 0.6) is 0 Å². The second-order valence-corrected chi connectivity index (χ2v) is 8.59. The fraction of sp³-hybridized carbons (Fsp3) is 0.381. The minimum Gasteiger partial charge on any atom is -0.339 e. The van der Waals surface area contributed by atoms with Gasteiger partial charge >= 0.3 is 0 Å². The second kappa shape index (κ2) is 8.41. The first-order valence-electron chi connectivity index (χ1n) is 9.00. The molecule has 3 rings (SSSR count). The Balaban J connectivity index is 1.99. The average molecular weight is 418 g/mol. The summed E-state index contributed by atoms with van der Waals surface area (Å²) in [6, 6.07) is 12.5. The number of unbranched alkanes of at least 4 members (excludes halogenated alkanes) is 1. The van der Waals surface area contributed by atoms with Crippen molar-refractivity contribution in [2.75, 3.05) is 11.4 Å². The number of nitrogens with zero attached hydrogens (tertiary/aromatic N) is 1. The predicted molar refractivity (Wildman–Crippen MR) is 110 cm³/mol. The molecule has 0 aromatic heterocycles. The van der Waals surface area contributed by atoms with Gasteiger partial charge in [0.1, 0.15) is 6.29 Å². The third-order valence-electron chi connectivity index (χ3n) is 4.83. The van der Waals surface area contributed by atoms with E-state index in [0.29, 0.717) is 5.92 Å². The van der Waals surface area contributed by atoms with Crippen molar-refractivity contribution in [3.8, 4) is 0 Å². The molecule has 0 saturated carbocycles. The lowest BCUT2D eigenvalue weighted by Gasteiger charge is -2.35. The summed E-state index contributed by atoms with van der Waals surface area (Å²) < 4.78 is 1.09. The molecule has 0 spiro atoms.